The summed E-state index contributed by atoms with van der Waals surface area (Å²) in [4.78, 5) is 8.20. The molecule has 1 heterocycles. The molecule has 0 aliphatic carbocycles. The van der Waals surface area contributed by atoms with Gasteiger partial charge in [0.1, 0.15) is 17.9 Å². The molecule has 4 nitrogen and oxygen atoms in total. The van der Waals surface area contributed by atoms with Crippen LogP contribution in [0.5, 0.6) is 5.75 Å². The number of halogens is 1. The van der Waals surface area contributed by atoms with Crippen molar-refractivity contribution in [3.8, 4) is 16.9 Å². The number of phenols is 1. The number of benzene rings is 2. The second kappa shape index (κ2) is 4.40. The molecule has 94 valence electrons. The average molecular weight is 272 g/mol. The van der Waals surface area contributed by atoms with Gasteiger partial charge in [-0.05, 0) is 29.3 Å². The second-order valence-corrected chi connectivity index (χ2v) is 4.53. The summed E-state index contributed by atoms with van der Waals surface area (Å²) in [6, 6.07) is 10.7. The Morgan fingerprint density at radius 3 is 2.74 bits per heavy atom. The summed E-state index contributed by atoms with van der Waals surface area (Å²) in [6.45, 7) is 0. The molecule has 0 bridgehead atoms. The van der Waals surface area contributed by atoms with Gasteiger partial charge in [0.05, 0.1) is 15.9 Å². The Bertz CT molecular complexity index is 768. The van der Waals surface area contributed by atoms with E-state index in [4.69, 9.17) is 17.3 Å². The van der Waals surface area contributed by atoms with Gasteiger partial charge in [-0.25, -0.2) is 9.97 Å². The molecule has 0 saturated heterocycles. The van der Waals surface area contributed by atoms with Crippen LogP contribution in [-0.2, 0) is 0 Å². The first-order valence-corrected chi connectivity index (χ1v) is 6.02. The lowest BCUT2D eigenvalue weighted by Crippen LogP contribution is -1.95. The fraction of sp³-hybridized carbons (Fsp3) is 0. The largest absolute Gasteiger partial charge is 0.506 e. The molecule has 3 rings (SSSR count). The van der Waals surface area contributed by atoms with Gasteiger partial charge in [-0.15, -0.1) is 0 Å². The Labute approximate surface area is 114 Å². The highest BCUT2D eigenvalue weighted by Crippen LogP contribution is 2.34. The lowest BCUT2D eigenvalue weighted by atomic mass is 10.0. The minimum absolute atomic E-state index is 0.0339. The molecule has 19 heavy (non-hydrogen) atoms. The molecule has 0 aliphatic heterocycles. The Kier molecular flexibility index (Phi) is 2.72. The number of aromatic hydroxyl groups is 1. The fourth-order valence-corrected chi connectivity index (χ4v) is 2.17. The predicted molar refractivity (Wildman–Crippen MR) is 76.1 cm³/mol. The van der Waals surface area contributed by atoms with Gasteiger partial charge in [0.25, 0.3) is 0 Å². The molecular weight excluding hydrogens is 262 g/mol. The zero-order valence-electron chi connectivity index (χ0n) is 9.84. The van der Waals surface area contributed by atoms with Gasteiger partial charge in [0.2, 0.25) is 0 Å². The molecule has 0 saturated carbocycles. The average Bonchev–Trinajstić information content (AvgIpc) is 2.42. The maximum Gasteiger partial charge on any atom is 0.135 e. The van der Waals surface area contributed by atoms with Crippen molar-refractivity contribution in [2.24, 2.45) is 0 Å². The second-order valence-electron chi connectivity index (χ2n) is 4.12. The highest BCUT2D eigenvalue weighted by molar-refractivity contribution is 6.32. The summed E-state index contributed by atoms with van der Waals surface area (Å²) in [7, 11) is 0. The molecule has 0 radical (unpaired) electrons. The van der Waals surface area contributed by atoms with Crippen molar-refractivity contribution in [1.29, 1.82) is 0 Å². The highest BCUT2D eigenvalue weighted by Gasteiger charge is 2.09. The molecule has 1 aromatic heterocycles. The predicted octanol–water partition coefficient (Wildman–Crippen LogP) is 3.24. The Balaban J connectivity index is 2.33. The molecule has 0 aliphatic rings. The fourth-order valence-electron chi connectivity index (χ4n) is 2.06. The molecule has 0 atom stereocenters. The number of hydrogen-bond acceptors (Lipinski definition) is 4. The van der Waals surface area contributed by atoms with Gasteiger partial charge in [-0.2, -0.15) is 0 Å². The van der Waals surface area contributed by atoms with Crippen molar-refractivity contribution >= 4 is 28.3 Å². The third-order valence-electron chi connectivity index (χ3n) is 2.95. The van der Waals surface area contributed by atoms with Crippen molar-refractivity contribution < 1.29 is 5.11 Å². The number of aromatic nitrogens is 2. The van der Waals surface area contributed by atoms with Gasteiger partial charge in [-0.1, -0.05) is 29.8 Å². The van der Waals surface area contributed by atoms with Crippen LogP contribution in [0.3, 0.4) is 0 Å². The maximum atomic E-state index is 9.71. The van der Waals surface area contributed by atoms with Crippen LogP contribution in [0.15, 0.2) is 42.7 Å². The minimum Gasteiger partial charge on any atom is -0.506 e. The Morgan fingerprint density at radius 1 is 1.11 bits per heavy atom. The summed E-state index contributed by atoms with van der Waals surface area (Å²) in [5.41, 5.74) is 8.36. The van der Waals surface area contributed by atoms with Crippen LogP contribution < -0.4 is 5.73 Å². The van der Waals surface area contributed by atoms with E-state index < -0.39 is 0 Å². The topological polar surface area (TPSA) is 72.0 Å². The summed E-state index contributed by atoms with van der Waals surface area (Å²) in [6.07, 6.45) is 1.43. The van der Waals surface area contributed by atoms with Crippen LogP contribution in [0.1, 0.15) is 0 Å². The SMILES string of the molecule is Nc1ncnc2cccc(-c3ccc(Cl)c(O)c3)c12. The quantitative estimate of drug-likeness (QED) is 0.713. The zero-order valence-corrected chi connectivity index (χ0v) is 10.6. The van der Waals surface area contributed by atoms with Crippen molar-refractivity contribution in [1.82, 2.24) is 9.97 Å². The van der Waals surface area contributed by atoms with Gasteiger partial charge in [0.15, 0.2) is 0 Å². The number of phenolic OH excluding ortho intramolecular Hbond substituents is 1. The third kappa shape index (κ3) is 1.96. The Morgan fingerprint density at radius 2 is 1.95 bits per heavy atom. The van der Waals surface area contributed by atoms with Crippen LogP contribution in [0, 0.1) is 0 Å². The van der Waals surface area contributed by atoms with Crippen LogP contribution >= 0.6 is 11.6 Å². The number of nitrogen functional groups attached to an aromatic ring is 1. The molecule has 5 heteroatoms. The maximum absolute atomic E-state index is 9.71. The zero-order chi connectivity index (χ0) is 13.4. The van der Waals surface area contributed by atoms with Gasteiger partial charge in [0, 0.05) is 0 Å². The lowest BCUT2D eigenvalue weighted by Gasteiger charge is -2.08. The summed E-state index contributed by atoms with van der Waals surface area (Å²) < 4.78 is 0. The van der Waals surface area contributed by atoms with E-state index in [1.165, 1.54) is 6.33 Å². The van der Waals surface area contributed by atoms with E-state index in [-0.39, 0.29) is 5.75 Å². The van der Waals surface area contributed by atoms with E-state index in [1.54, 1.807) is 12.1 Å². The number of anilines is 1. The van der Waals surface area contributed by atoms with Crippen LogP contribution in [0.4, 0.5) is 5.82 Å². The third-order valence-corrected chi connectivity index (χ3v) is 3.27. The monoisotopic (exact) mass is 271 g/mol. The number of nitrogens with two attached hydrogens (primary N) is 1. The van der Waals surface area contributed by atoms with Gasteiger partial charge < -0.3 is 10.8 Å². The van der Waals surface area contributed by atoms with Crippen molar-refractivity contribution in [3.63, 3.8) is 0 Å². The van der Waals surface area contributed by atoms with Crippen molar-refractivity contribution in [2.75, 3.05) is 5.73 Å². The molecule has 3 N–H and O–H groups in total. The summed E-state index contributed by atoms with van der Waals surface area (Å²) >= 11 is 5.82. The van der Waals surface area contributed by atoms with Crippen LogP contribution in [0.25, 0.3) is 22.0 Å². The van der Waals surface area contributed by atoms with E-state index in [2.05, 4.69) is 9.97 Å². The van der Waals surface area contributed by atoms with E-state index >= 15 is 0 Å². The summed E-state index contributed by atoms with van der Waals surface area (Å²) in [5.74, 6) is 0.446. The van der Waals surface area contributed by atoms with Gasteiger partial charge in [-0.3, -0.25) is 0 Å². The van der Waals surface area contributed by atoms with Gasteiger partial charge >= 0.3 is 0 Å². The highest BCUT2D eigenvalue weighted by atomic mass is 35.5. The standard InChI is InChI=1S/C14H10ClN3O/c15-10-5-4-8(6-12(10)19)9-2-1-3-11-13(9)14(16)18-7-17-11/h1-7,19H,(H2,16,17,18). The van der Waals surface area contributed by atoms with Crippen LogP contribution in [-0.4, -0.2) is 15.1 Å². The lowest BCUT2D eigenvalue weighted by molar-refractivity contribution is 0.476. The number of nitrogens with zero attached hydrogens (tertiary/aromatic N) is 2. The molecule has 0 unspecified atom stereocenters. The van der Waals surface area contributed by atoms with E-state index in [9.17, 15) is 5.11 Å². The van der Waals surface area contributed by atoms with E-state index in [0.717, 1.165) is 22.0 Å². The van der Waals surface area contributed by atoms with Crippen molar-refractivity contribution in [3.05, 3.63) is 47.7 Å². The molecular formula is C14H10ClN3O. The molecule has 0 amide bonds. The number of hydrogen-bond donors (Lipinski definition) is 2. The molecule has 2 aromatic carbocycles. The van der Waals surface area contributed by atoms with E-state index in [0.29, 0.717) is 10.8 Å². The first-order chi connectivity index (χ1) is 9.16. The smallest absolute Gasteiger partial charge is 0.135 e. The molecule has 0 fully saturated rings. The molecule has 0 spiro atoms. The first-order valence-electron chi connectivity index (χ1n) is 5.65. The summed E-state index contributed by atoms with van der Waals surface area (Å²) in [5, 5.41) is 10.8. The van der Waals surface area contributed by atoms with E-state index in [1.807, 2.05) is 24.3 Å². The number of fused-ring (bicyclic) bond motifs is 1. The normalized spacial score (nSPS) is 10.8. The minimum atomic E-state index is 0.0339. The van der Waals surface area contributed by atoms with Crippen LogP contribution in [0.2, 0.25) is 5.02 Å². The van der Waals surface area contributed by atoms with Crippen molar-refractivity contribution in [2.45, 2.75) is 0 Å². The molecule has 3 aromatic rings. The Hall–Kier alpha value is -2.33. The number of rotatable bonds is 1. The first kappa shape index (κ1) is 11.7.